The maximum Gasteiger partial charge on any atom is 0.0207 e. The second kappa shape index (κ2) is 6.96. The van der Waals surface area contributed by atoms with Crippen molar-refractivity contribution in [3.8, 4) is 0 Å². The summed E-state index contributed by atoms with van der Waals surface area (Å²) in [7, 11) is 0. The molecule has 0 aliphatic carbocycles. The van der Waals surface area contributed by atoms with Gasteiger partial charge in [-0.3, -0.25) is 0 Å². The quantitative estimate of drug-likeness (QED) is 0.834. The molecule has 0 bridgehead atoms. The molecule has 1 N–H and O–H groups in total. The van der Waals surface area contributed by atoms with Gasteiger partial charge in [-0.2, -0.15) is 0 Å². The number of benzene rings is 2. The van der Waals surface area contributed by atoms with E-state index in [-0.39, 0.29) is 0 Å². The molecule has 2 heteroatoms. The lowest BCUT2D eigenvalue weighted by Crippen LogP contribution is -2.21. The fourth-order valence-electron chi connectivity index (χ4n) is 2.05. The van der Waals surface area contributed by atoms with E-state index >= 15 is 0 Å². The summed E-state index contributed by atoms with van der Waals surface area (Å²) in [6.45, 7) is 9.65. The third-order valence-electron chi connectivity index (χ3n) is 3.27. The van der Waals surface area contributed by atoms with Crippen molar-refractivity contribution in [2.45, 2.75) is 50.1 Å². The molecular formula is C18H23NS. The fraction of sp³-hybridized carbons (Fsp3) is 0.333. The predicted octanol–water partition coefficient (Wildman–Crippen LogP) is 4.95. The summed E-state index contributed by atoms with van der Waals surface area (Å²) in [5.41, 5.74) is 4.04. The summed E-state index contributed by atoms with van der Waals surface area (Å²) in [5.74, 6) is 0. The van der Waals surface area contributed by atoms with Gasteiger partial charge in [0.05, 0.1) is 0 Å². The van der Waals surface area contributed by atoms with Gasteiger partial charge in [0.25, 0.3) is 0 Å². The van der Waals surface area contributed by atoms with Crippen LogP contribution in [0.3, 0.4) is 0 Å². The third-order valence-corrected chi connectivity index (χ3v) is 4.62. The minimum Gasteiger partial charge on any atom is -0.310 e. The molecule has 2 aromatic rings. The molecule has 0 unspecified atom stereocenters. The van der Waals surface area contributed by atoms with E-state index in [1.54, 1.807) is 0 Å². The van der Waals surface area contributed by atoms with Crippen LogP contribution in [0.5, 0.6) is 0 Å². The highest BCUT2D eigenvalue weighted by molar-refractivity contribution is 7.99. The van der Waals surface area contributed by atoms with Crippen molar-refractivity contribution in [3.63, 3.8) is 0 Å². The SMILES string of the molecule is Cc1ccccc1Sc1ccc(CNC(C)C)cc1C. The molecular weight excluding hydrogens is 262 g/mol. The Labute approximate surface area is 126 Å². The maximum atomic E-state index is 3.46. The summed E-state index contributed by atoms with van der Waals surface area (Å²) in [6.07, 6.45) is 0. The molecule has 106 valence electrons. The summed E-state index contributed by atoms with van der Waals surface area (Å²) in [4.78, 5) is 2.68. The first-order valence-corrected chi connectivity index (χ1v) is 7.94. The van der Waals surface area contributed by atoms with Gasteiger partial charge in [0.1, 0.15) is 0 Å². The normalized spacial score (nSPS) is 11.1. The first-order chi connectivity index (χ1) is 9.56. The first-order valence-electron chi connectivity index (χ1n) is 7.12. The molecule has 0 spiro atoms. The van der Waals surface area contributed by atoms with Crippen molar-refractivity contribution in [1.82, 2.24) is 5.32 Å². The molecule has 0 saturated heterocycles. The molecule has 20 heavy (non-hydrogen) atoms. The van der Waals surface area contributed by atoms with E-state index in [1.165, 1.54) is 26.5 Å². The molecule has 0 heterocycles. The van der Waals surface area contributed by atoms with E-state index < -0.39 is 0 Å². The van der Waals surface area contributed by atoms with E-state index in [1.807, 2.05) is 11.8 Å². The van der Waals surface area contributed by atoms with Crippen LogP contribution in [0.2, 0.25) is 0 Å². The first kappa shape index (κ1) is 15.1. The zero-order valence-electron chi connectivity index (χ0n) is 12.7. The molecule has 0 amide bonds. The lowest BCUT2D eigenvalue weighted by atomic mass is 10.1. The van der Waals surface area contributed by atoms with Crippen LogP contribution in [0.25, 0.3) is 0 Å². The largest absolute Gasteiger partial charge is 0.310 e. The van der Waals surface area contributed by atoms with Crippen molar-refractivity contribution < 1.29 is 0 Å². The number of aryl methyl sites for hydroxylation is 2. The minimum absolute atomic E-state index is 0.524. The van der Waals surface area contributed by atoms with Crippen LogP contribution in [-0.2, 0) is 6.54 Å². The Bertz CT molecular complexity index is 575. The van der Waals surface area contributed by atoms with Gasteiger partial charge < -0.3 is 5.32 Å². The Hall–Kier alpha value is -1.25. The molecule has 0 fully saturated rings. The Balaban J connectivity index is 2.12. The van der Waals surface area contributed by atoms with Gasteiger partial charge in [-0.1, -0.05) is 55.9 Å². The number of hydrogen-bond acceptors (Lipinski definition) is 2. The third kappa shape index (κ3) is 4.12. The second-order valence-corrected chi connectivity index (χ2v) is 6.59. The van der Waals surface area contributed by atoms with E-state index in [0.29, 0.717) is 6.04 Å². The van der Waals surface area contributed by atoms with Gasteiger partial charge >= 0.3 is 0 Å². The van der Waals surface area contributed by atoms with Gasteiger partial charge in [0, 0.05) is 22.4 Å². The summed E-state index contributed by atoms with van der Waals surface area (Å²) in [5, 5.41) is 3.46. The highest BCUT2D eigenvalue weighted by Gasteiger charge is 2.05. The Morgan fingerprint density at radius 2 is 1.65 bits per heavy atom. The maximum absolute atomic E-state index is 3.46. The summed E-state index contributed by atoms with van der Waals surface area (Å²) >= 11 is 1.85. The Morgan fingerprint density at radius 3 is 2.30 bits per heavy atom. The van der Waals surface area contributed by atoms with Crippen LogP contribution >= 0.6 is 11.8 Å². The van der Waals surface area contributed by atoms with Gasteiger partial charge in [0.2, 0.25) is 0 Å². The average Bonchev–Trinajstić information content (AvgIpc) is 2.41. The minimum atomic E-state index is 0.524. The number of hydrogen-bond donors (Lipinski definition) is 1. The summed E-state index contributed by atoms with van der Waals surface area (Å²) < 4.78 is 0. The highest BCUT2D eigenvalue weighted by atomic mass is 32.2. The standard InChI is InChI=1S/C18H23NS/c1-13(2)19-12-16-9-10-18(15(4)11-16)20-17-8-6-5-7-14(17)3/h5-11,13,19H,12H2,1-4H3. The zero-order chi connectivity index (χ0) is 14.5. The fourth-order valence-corrected chi connectivity index (χ4v) is 3.02. The molecule has 1 nitrogen and oxygen atoms in total. The van der Waals surface area contributed by atoms with Gasteiger partial charge in [0.15, 0.2) is 0 Å². The number of rotatable bonds is 5. The van der Waals surface area contributed by atoms with Crippen LogP contribution < -0.4 is 5.32 Å². The van der Waals surface area contributed by atoms with Crippen LogP contribution in [-0.4, -0.2) is 6.04 Å². The molecule has 0 saturated carbocycles. The van der Waals surface area contributed by atoms with Crippen LogP contribution in [0, 0.1) is 13.8 Å². The van der Waals surface area contributed by atoms with Gasteiger partial charge in [-0.25, -0.2) is 0 Å². The Kier molecular flexibility index (Phi) is 5.27. The van der Waals surface area contributed by atoms with Crippen molar-refractivity contribution in [1.29, 1.82) is 0 Å². The molecule has 0 atom stereocenters. The van der Waals surface area contributed by atoms with Crippen molar-refractivity contribution in [3.05, 3.63) is 59.2 Å². The molecule has 0 aliphatic heterocycles. The van der Waals surface area contributed by atoms with E-state index in [4.69, 9.17) is 0 Å². The zero-order valence-corrected chi connectivity index (χ0v) is 13.6. The molecule has 0 radical (unpaired) electrons. The van der Waals surface area contributed by atoms with E-state index in [2.05, 4.69) is 75.5 Å². The monoisotopic (exact) mass is 285 g/mol. The highest BCUT2D eigenvalue weighted by Crippen LogP contribution is 2.32. The molecule has 0 aromatic heterocycles. The van der Waals surface area contributed by atoms with Crippen molar-refractivity contribution in [2.75, 3.05) is 0 Å². The lowest BCUT2D eigenvalue weighted by molar-refractivity contribution is 0.588. The Morgan fingerprint density at radius 1 is 0.950 bits per heavy atom. The van der Waals surface area contributed by atoms with Crippen molar-refractivity contribution >= 4 is 11.8 Å². The van der Waals surface area contributed by atoms with E-state index in [0.717, 1.165) is 6.54 Å². The molecule has 2 aromatic carbocycles. The second-order valence-electron chi connectivity index (χ2n) is 5.50. The molecule has 2 rings (SSSR count). The van der Waals surface area contributed by atoms with E-state index in [9.17, 15) is 0 Å². The van der Waals surface area contributed by atoms with Crippen LogP contribution in [0.15, 0.2) is 52.3 Å². The van der Waals surface area contributed by atoms with Crippen molar-refractivity contribution in [2.24, 2.45) is 0 Å². The van der Waals surface area contributed by atoms with Crippen LogP contribution in [0.1, 0.15) is 30.5 Å². The lowest BCUT2D eigenvalue weighted by Gasteiger charge is -2.12. The summed E-state index contributed by atoms with van der Waals surface area (Å²) in [6, 6.07) is 15.8. The van der Waals surface area contributed by atoms with Gasteiger partial charge in [-0.15, -0.1) is 0 Å². The van der Waals surface area contributed by atoms with Gasteiger partial charge in [-0.05, 0) is 42.7 Å². The average molecular weight is 285 g/mol. The molecule has 0 aliphatic rings. The smallest absolute Gasteiger partial charge is 0.0207 e. The predicted molar refractivity (Wildman–Crippen MR) is 88.5 cm³/mol. The topological polar surface area (TPSA) is 12.0 Å². The van der Waals surface area contributed by atoms with Crippen LogP contribution in [0.4, 0.5) is 0 Å². The number of nitrogens with one attached hydrogen (secondary N) is 1.